The van der Waals surface area contributed by atoms with Crippen molar-refractivity contribution in [2.45, 2.75) is 6.42 Å². The van der Waals surface area contributed by atoms with E-state index in [9.17, 15) is 33.4 Å². The first-order valence-electron chi connectivity index (χ1n) is 8.73. The molecule has 1 fully saturated rings. The average molecular weight is 432 g/mol. The number of anilines is 1. The quantitative estimate of drug-likeness (QED) is 0.414. The number of nitro groups is 2. The van der Waals surface area contributed by atoms with E-state index < -0.39 is 42.7 Å². The summed E-state index contributed by atoms with van der Waals surface area (Å²) in [7, 11) is -3.48. The molecule has 0 bridgehead atoms. The van der Waals surface area contributed by atoms with E-state index in [2.05, 4.69) is 10.5 Å². The second kappa shape index (κ2) is 8.37. The highest BCUT2D eigenvalue weighted by Crippen LogP contribution is 2.29. The SMILES string of the molecule is O=C(c1ccccc1)C1CCS(=O)(=O)C/C1=N\Nc1ccc([N+](=O)[O-])cc1[N+](=O)[O-]. The van der Waals surface area contributed by atoms with Gasteiger partial charge in [0.15, 0.2) is 15.6 Å². The fourth-order valence-electron chi connectivity index (χ4n) is 3.07. The molecule has 1 aliphatic heterocycles. The summed E-state index contributed by atoms with van der Waals surface area (Å²) in [5.41, 5.74) is 1.61. The maximum Gasteiger partial charge on any atom is 0.301 e. The molecule has 3 rings (SSSR count). The minimum atomic E-state index is -3.48. The number of nitrogens with one attached hydrogen (secondary N) is 1. The first-order valence-corrected chi connectivity index (χ1v) is 10.5. The second-order valence-corrected chi connectivity index (χ2v) is 8.78. The molecule has 1 N–H and O–H groups in total. The van der Waals surface area contributed by atoms with Crippen LogP contribution in [-0.4, -0.2) is 41.3 Å². The third kappa shape index (κ3) is 4.66. The van der Waals surface area contributed by atoms with Crippen molar-refractivity contribution in [2.75, 3.05) is 16.9 Å². The molecule has 0 spiro atoms. The van der Waals surface area contributed by atoms with Gasteiger partial charge >= 0.3 is 5.69 Å². The Morgan fingerprint density at radius 1 is 1.07 bits per heavy atom. The molecule has 2 aromatic rings. The number of benzene rings is 2. The summed E-state index contributed by atoms with van der Waals surface area (Å²) in [5.74, 6) is -1.75. The predicted molar refractivity (Wildman–Crippen MR) is 108 cm³/mol. The largest absolute Gasteiger partial charge is 0.301 e. The van der Waals surface area contributed by atoms with E-state index in [-0.39, 0.29) is 29.4 Å². The lowest BCUT2D eigenvalue weighted by atomic mass is 9.91. The molecule has 0 saturated carbocycles. The number of hydrazone groups is 1. The van der Waals surface area contributed by atoms with E-state index in [1.165, 1.54) is 0 Å². The number of ketones is 1. The molecule has 1 atom stereocenters. The second-order valence-electron chi connectivity index (χ2n) is 6.59. The van der Waals surface area contributed by atoms with Gasteiger partial charge in [-0.25, -0.2) is 8.42 Å². The Hall–Kier alpha value is -3.67. The molecule has 0 amide bonds. The Kier molecular flexibility index (Phi) is 5.87. The molecular formula is C18H16N4O7S. The average Bonchev–Trinajstić information content (AvgIpc) is 2.71. The predicted octanol–water partition coefficient (Wildman–Crippen LogP) is 2.59. The van der Waals surface area contributed by atoms with Gasteiger partial charge in [-0.3, -0.25) is 30.4 Å². The number of rotatable bonds is 6. The summed E-state index contributed by atoms with van der Waals surface area (Å²) in [5, 5.41) is 26.1. The van der Waals surface area contributed by atoms with Crippen molar-refractivity contribution in [2.24, 2.45) is 11.0 Å². The molecule has 0 aromatic heterocycles. The van der Waals surface area contributed by atoms with Crippen LogP contribution in [-0.2, 0) is 9.84 Å². The minimum absolute atomic E-state index is 0.0303. The van der Waals surface area contributed by atoms with Crippen LogP contribution in [0.3, 0.4) is 0 Å². The van der Waals surface area contributed by atoms with E-state index >= 15 is 0 Å². The zero-order valence-electron chi connectivity index (χ0n) is 15.4. The van der Waals surface area contributed by atoms with Crippen LogP contribution in [0.15, 0.2) is 53.6 Å². The number of hydrogen-bond donors (Lipinski definition) is 1. The summed E-state index contributed by atoms with van der Waals surface area (Å²) >= 11 is 0. The molecule has 156 valence electrons. The van der Waals surface area contributed by atoms with Crippen LogP contribution in [0.5, 0.6) is 0 Å². The maximum atomic E-state index is 12.8. The number of hydrogen-bond acceptors (Lipinski definition) is 9. The van der Waals surface area contributed by atoms with Crippen LogP contribution in [0.25, 0.3) is 0 Å². The minimum Gasteiger partial charge on any atom is -0.293 e. The van der Waals surface area contributed by atoms with Crippen LogP contribution in [0.4, 0.5) is 17.1 Å². The van der Waals surface area contributed by atoms with E-state index in [4.69, 9.17) is 0 Å². The summed E-state index contributed by atoms with van der Waals surface area (Å²) in [6.07, 6.45) is 0.0406. The molecule has 30 heavy (non-hydrogen) atoms. The molecule has 2 aromatic carbocycles. The number of nitro benzene ring substituents is 2. The summed E-state index contributed by atoms with van der Waals surface area (Å²) in [6, 6.07) is 11.3. The molecular weight excluding hydrogens is 416 g/mol. The lowest BCUT2D eigenvalue weighted by Gasteiger charge is -2.23. The van der Waals surface area contributed by atoms with Crippen molar-refractivity contribution in [1.82, 2.24) is 0 Å². The van der Waals surface area contributed by atoms with E-state index in [0.29, 0.717) is 5.56 Å². The standard InChI is InChI=1S/C18H16N4O7S/c23-18(12-4-2-1-3-5-12)14-8-9-30(28,29)11-16(14)20-19-15-7-6-13(21(24)25)10-17(15)22(26)27/h1-7,10,14,19H,8-9,11H2/b20-16+. The molecule has 11 nitrogen and oxygen atoms in total. The molecule has 1 saturated heterocycles. The fraction of sp³-hybridized carbons (Fsp3) is 0.222. The van der Waals surface area contributed by atoms with E-state index in [1.807, 2.05) is 0 Å². The Morgan fingerprint density at radius 2 is 1.77 bits per heavy atom. The van der Waals surface area contributed by atoms with Gasteiger partial charge in [-0.1, -0.05) is 30.3 Å². The number of carbonyl (C=O) groups excluding carboxylic acids is 1. The zero-order valence-corrected chi connectivity index (χ0v) is 16.2. The van der Waals surface area contributed by atoms with Crippen LogP contribution in [0, 0.1) is 26.1 Å². The Morgan fingerprint density at radius 3 is 2.40 bits per heavy atom. The molecule has 1 heterocycles. The lowest BCUT2D eigenvalue weighted by molar-refractivity contribution is -0.393. The van der Waals surface area contributed by atoms with Gasteiger partial charge in [-0.2, -0.15) is 5.10 Å². The number of non-ortho nitro benzene ring substituents is 1. The topological polar surface area (TPSA) is 162 Å². The Balaban J connectivity index is 1.95. The highest BCUT2D eigenvalue weighted by atomic mass is 32.2. The molecule has 0 radical (unpaired) electrons. The monoisotopic (exact) mass is 432 g/mol. The van der Waals surface area contributed by atoms with Crippen LogP contribution >= 0.6 is 0 Å². The van der Waals surface area contributed by atoms with Gasteiger partial charge in [0.05, 0.1) is 39.0 Å². The first-order chi connectivity index (χ1) is 14.2. The maximum absolute atomic E-state index is 12.8. The van der Waals surface area contributed by atoms with Gasteiger partial charge in [-0.15, -0.1) is 0 Å². The van der Waals surface area contributed by atoms with E-state index in [0.717, 1.165) is 18.2 Å². The normalized spacial score (nSPS) is 19.2. The first kappa shape index (κ1) is 21.0. The van der Waals surface area contributed by atoms with Crippen molar-refractivity contribution < 1.29 is 23.1 Å². The highest BCUT2D eigenvalue weighted by Gasteiger charge is 2.35. The zero-order chi connectivity index (χ0) is 21.9. The number of nitrogens with zero attached hydrogens (tertiary/aromatic N) is 3. The lowest BCUT2D eigenvalue weighted by Crippen LogP contribution is -2.38. The van der Waals surface area contributed by atoms with Crippen molar-refractivity contribution in [1.29, 1.82) is 0 Å². The summed E-state index contributed by atoms with van der Waals surface area (Å²) in [4.78, 5) is 33.3. The number of carbonyl (C=O) groups is 1. The number of sulfone groups is 1. The van der Waals surface area contributed by atoms with Gasteiger partial charge in [0, 0.05) is 11.6 Å². The smallest absolute Gasteiger partial charge is 0.293 e. The fourth-order valence-corrected chi connectivity index (χ4v) is 4.53. The van der Waals surface area contributed by atoms with E-state index in [1.54, 1.807) is 30.3 Å². The van der Waals surface area contributed by atoms with Gasteiger partial charge < -0.3 is 0 Å². The third-order valence-electron chi connectivity index (χ3n) is 4.57. The molecule has 12 heteroatoms. The van der Waals surface area contributed by atoms with Crippen molar-refractivity contribution >= 4 is 38.4 Å². The Bertz CT molecular complexity index is 1150. The Labute approximate surface area is 170 Å². The summed E-state index contributed by atoms with van der Waals surface area (Å²) < 4.78 is 24.1. The van der Waals surface area contributed by atoms with Gasteiger partial charge in [0.1, 0.15) is 5.69 Å². The highest BCUT2D eigenvalue weighted by molar-refractivity contribution is 7.92. The third-order valence-corrected chi connectivity index (χ3v) is 6.16. The van der Waals surface area contributed by atoms with Crippen LogP contribution < -0.4 is 5.43 Å². The number of Topliss-reactive ketones (excluding diaryl/α,β-unsaturated/α-hetero) is 1. The van der Waals surface area contributed by atoms with Gasteiger partial charge in [-0.05, 0) is 12.5 Å². The molecule has 0 aliphatic carbocycles. The van der Waals surface area contributed by atoms with Gasteiger partial charge in [0.25, 0.3) is 5.69 Å². The van der Waals surface area contributed by atoms with Crippen molar-refractivity contribution in [3.05, 3.63) is 74.3 Å². The van der Waals surface area contributed by atoms with Crippen molar-refractivity contribution in [3.8, 4) is 0 Å². The van der Waals surface area contributed by atoms with Gasteiger partial charge in [0.2, 0.25) is 0 Å². The van der Waals surface area contributed by atoms with Crippen LogP contribution in [0.1, 0.15) is 16.8 Å². The molecule has 1 unspecified atom stereocenters. The summed E-state index contributed by atoms with van der Waals surface area (Å²) in [6.45, 7) is 0. The van der Waals surface area contributed by atoms with Crippen LogP contribution in [0.2, 0.25) is 0 Å². The van der Waals surface area contributed by atoms with Crippen molar-refractivity contribution in [3.63, 3.8) is 0 Å². The molecule has 1 aliphatic rings.